The number of halogens is 3. The van der Waals surface area contributed by atoms with E-state index in [1.807, 2.05) is 0 Å². The summed E-state index contributed by atoms with van der Waals surface area (Å²) in [6, 6.07) is 10.1. The zero-order chi connectivity index (χ0) is 11.7. The molecule has 82 valence electrons. The molecule has 0 radical (unpaired) electrons. The van der Waals surface area contributed by atoms with E-state index < -0.39 is 11.6 Å². The Labute approximate surface area is 97.5 Å². The summed E-state index contributed by atoms with van der Waals surface area (Å²) in [5, 5.41) is 0.225. The molecular formula is C13H9ClF2. The van der Waals surface area contributed by atoms with E-state index in [-0.39, 0.29) is 16.1 Å². The first kappa shape index (κ1) is 11.1. The highest BCUT2D eigenvalue weighted by Crippen LogP contribution is 2.33. The molecule has 0 nitrogen and oxygen atoms in total. The summed E-state index contributed by atoms with van der Waals surface area (Å²) >= 11 is 5.93. The number of rotatable bonds is 1. The first-order chi connectivity index (χ1) is 7.61. The molecule has 0 spiro atoms. The van der Waals surface area contributed by atoms with Crippen LogP contribution in [-0.2, 0) is 0 Å². The predicted octanol–water partition coefficient (Wildman–Crippen LogP) is 4.59. The van der Waals surface area contributed by atoms with E-state index in [0.717, 1.165) is 0 Å². The van der Waals surface area contributed by atoms with Crippen molar-refractivity contribution in [1.29, 1.82) is 0 Å². The Kier molecular flexibility index (Phi) is 2.92. The maximum absolute atomic E-state index is 13.7. The van der Waals surface area contributed by atoms with E-state index >= 15 is 0 Å². The monoisotopic (exact) mass is 238 g/mol. The summed E-state index contributed by atoms with van der Waals surface area (Å²) in [5.74, 6) is -1.74. The SMILES string of the molecule is Cc1cc(Cl)c(-c2ccccc2)c(F)c1F. The van der Waals surface area contributed by atoms with Crippen LogP contribution in [0.25, 0.3) is 11.1 Å². The third kappa shape index (κ3) is 1.81. The van der Waals surface area contributed by atoms with E-state index in [0.29, 0.717) is 5.56 Å². The molecule has 0 aliphatic rings. The molecule has 0 fully saturated rings. The van der Waals surface area contributed by atoms with Crippen molar-refractivity contribution in [3.63, 3.8) is 0 Å². The molecule has 3 heteroatoms. The lowest BCUT2D eigenvalue weighted by Crippen LogP contribution is -1.94. The van der Waals surface area contributed by atoms with Crippen LogP contribution in [0.5, 0.6) is 0 Å². The molecule has 0 N–H and O–H groups in total. The van der Waals surface area contributed by atoms with E-state index in [1.165, 1.54) is 13.0 Å². The Morgan fingerprint density at radius 3 is 2.25 bits per heavy atom. The van der Waals surface area contributed by atoms with Gasteiger partial charge in [0.2, 0.25) is 0 Å². The molecule has 0 bridgehead atoms. The van der Waals surface area contributed by atoms with Crippen molar-refractivity contribution in [2.45, 2.75) is 6.92 Å². The van der Waals surface area contributed by atoms with Crippen LogP contribution in [-0.4, -0.2) is 0 Å². The van der Waals surface area contributed by atoms with E-state index in [1.54, 1.807) is 30.3 Å². The minimum Gasteiger partial charge on any atom is -0.203 e. The number of benzene rings is 2. The topological polar surface area (TPSA) is 0 Å². The molecule has 0 saturated heterocycles. The van der Waals surface area contributed by atoms with Crippen LogP contribution in [0.15, 0.2) is 36.4 Å². The smallest absolute Gasteiger partial charge is 0.168 e. The Bertz CT molecular complexity index is 521. The van der Waals surface area contributed by atoms with Crippen molar-refractivity contribution < 1.29 is 8.78 Å². The summed E-state index contributed by atoms with van der Waals surface area (Å²) in [5.41, 5.74) is 0.899. The number of hydrogen-bond donors (Lipinski definition) is 0. The van der Waals surface area contributed by atoms with Gasteiger partial charge in [0.15, 0.2) is 11.6 Å². The molecule has 0 aliphatic heterocycles. The van der Waals surface area contributed by atoms with Crippen LogP contribution in [0, 0.1) is 18.6 Å². The summed E-state index contributed by atoms with van der Waals surface area (Å²) in [6.07, 6.45) is 0. The molecule has 2 aromatic carbocycles. The molecule has 0 atom stereocenters. The molecule has 0 aliphatic carbocycles. The highest BCUT2D eigenvalue weighted by Gasteiger charge is 2.16. The lowest BCUT2D eigenvalue weighted by molar-refractivity contribution is 0.505. The molecule has 16 heavy (non-hydrogen) atoms. The third-order valence-electron chi connectivity index (χ3n) is 2.40. The van der Waals surface area contributed by atoms with Crippen molar-refractivity contribution in [2.75, 3.05) is 0 Å². The van der Waals surface area contributed by atoms with Crippen LogP contribution < -0.4 is 0 Å². The van der Waals surface area contributed by atoms with Crippen LogP contribution in [0.3, 0.4) is 0 Å². The Morgan fingerprint density at radius 1 is 1.00 bits per heavy atom. The minimum absolute atomic E-state index is 0.116. The highest BCUT2D eigenvalue weighted by molar-refractivity contribution is 6.33. The summed E-state index contributed by atoms with van der Waals surface area (Å²) in [4.78, 5) is 0. The fraction of sp³-hybridized carbons (Fsp3) is 0.0769. The molecule has 2 rings (SSSR count). The molecule has 2 aromatic rings. The van der Waals surface area contributed by atoms with Crippen molar-refractivity contribution in [3.8, 4) is 11.1 Å². The van der Waals surface area contributed by atoms with Crippen LogP contribution in [0.2, 0.25) is 5.02 Å². The predicted molar refractivity (Wildman–Crippen MR) is 61.5 cm³/mol. The van der Waals surface area contributed by atoms with Gasteiger partial charge in [0.25, 0.3) is 0 Å². The average molecular weight is 239 g/mol. The summed E-state index contributed by atoms with van der Waals surface area (Å²) in [6.45, 7) is 1.49. The van der Waals surface area contributed by atoms with E-state index in [4.69, 9.17) is 11.6 Å². The van der Waals surface area contributed by atoms with Crippen molar-refractivity contribution in [2.24, 2.45) is 0 Å². The molecule has 0 saturated carbocycles. The molecule has 0 unspecified atom stereocenters. The van der Waals surface area contributed by atoms with E-state index in [9.17, 15) is 8.78 Å². The maximum Gasteiger partial charge on any atom is 0.168 e. The van der Waals surface area contributed by atoms with Crippen LogP contribution in [0.4, 0.5) is 8.78 Å². The van der Waals surface area contributed by atoms with Gasteiger partial charge in [-0.25, -0.2) is 8.78 Å². The second kappa shape index (κ2) is 4.22. The average Bonchev–Trinajstić information content (AvgIpc) is 2.28. The zero-order valence-corrected chi connectivity index (χ0v) is 9.35. The van der Waals surface area contributed by atoms with Gasteiger partial charge < -0.3 is 0 Å². The second-order valence-electron chi connectivity index (χ2n) is 3.54. The number of hydrogen-bond acceptors (Lipinski definition) is 0. The van der Waals surface area contributed by atoms with Crippen LogP contribution >= 0.6 is 11.6 Å². The second-order valence-corrected chi connectivity index (χ2v) is 3.95. The summed E-state index contributed by atoms with van der Waals surface area (Å²) in [7, 11) is 0. The normalized spacial score (nSPS) is 10.5. The Morgan fingerprint density at radius 2 is 1.62 bits per heavy atom. The molecule has 0 heterocycles. The van der Waals surface area contributed by atoms with Crippen molar-refractivity contribution in [3.05, 3.63) is 58.6 Å². The lowest BCUT2D eigenvalue weighted by atomic mass is 10.0. The third-order valence-corrected chi connectivity index (χ3v) is 2.70. The maximum atomic E-state index is 13.7. The van der Waals surface area contributed by atoms with Gasteiger partial charge in [-0.05, 0) is 24.1 Å². The Hall–Kier alpha value is -1.41. The lowest BCUT2D eigenvalue weighted by Gasteiger charge is -2.08. The van der Waals surface area contributed by atoms with Gasteiger partial charge in [-0.2, -0.15) is 0 Å². The fourth-order valence-corrected chi connectivity index (χ4v) is 1.94. The van der Waals surface area contributed by atoms with Gasteiger partial charge in [0.1, 0.15) is 0 Å². The molecule has 0 amide bonds. The van der Waals surface area contributed by atoms with Crippen molar-refractivity contribution in [1.82, 2.24) is 0 Å². The summed E-state index contributed by atoms with van der Waals surface area (Å²) < 4.78 is 27.2. The standard InChI is InChI=1S/C13H9ClF2/c1-8-7-10(14)11(13(16)12(8)15)9-5-3-2-4-6-9/h2-7H,1H3. The van der Waals surface area contributed by atoms with Gasteiger partial charge in [0, 0.05) is 5.56 Å². The van der Waals surface area contributed by atoms with Gasteiger partial charge in [-0.1, -0.05) is 41.9 Å². The van der Waals surface area contributed by atoms with Gasteiger partial charge in [-0.3, -0.25) is 0 Å². The van der Waals surface area contributed by atoms with Crippen LogP contribution in [0.1, 0.15) is 5.56 Å². The highest BCUT2D eigenvalue weighted by atomic mass is 35.5. The van der Waals surface area contributed by atoms with Crippen molar-refractivity contribution >= 4 is 11.6 Å². The quantitative estimate of drug-likeness (QED) is 0.638. The van der Waals surface area contributed by atoms with Gasteiger partial charge in [0.05, 0.1) is 5.02 Å². The molecule has 0 aromatic heterocycles. The molecular weight excluding hydrogens is 230 g/mol. The van der Waals surface area contributed by atoms with Gasteiger partial charge >= 0.3 is 0 Å². The largest absolute Gasteiger partial charge is 0.203 e. The Balaban J connectivity index is 2.71. The fourth-order valence-electron chi connectivity index (χ4n) is 1.58. The zero-order valence-electron chi connectivity index (χ0n) is 8.60. The first-order valence-electron chi connectivity index (χ1n) is 4.80. The minimum atomic E-state index is -0.892. The first-order valence-corrected chi connectivity index (χ1v) is 5.18. The van der Waals surface area contributed by atoms with Gasteiger partial charge in [-0.15, -0.1) is 0 Å². The number of aryl methyl sites for hydroxylation is 1. The van der Waals surface area contributed by atoms with E-state index in [2.05, 4.69) is 0 Å².